The molecule has 0 aliphatic heterocycles. The molecule has 1 aromatic heterocycles. The van der Waals surface area contributed by atoms with E-state index >= 15 is 0 Å². The summed E-state index contributed by atoms with van der Waals surface area (Å²) in [6.45, 7) is 1.40. The van der Waals surface area contributed by atoms with Gasteiger partial charge in [0.2, 0.25) is 0 Å². The summed E-state index contributed by atoms with van der Waals surface area (Å²) >= 11 is 6.05. The van der Waals surface area contributed by atoms with Gasteiger partial charge in [-0.2, -0.15) is 0 Å². The second-order valence-corrected chi connectivity index (χ2v) is 8.22. The average molecular weight is 417 g/mol. The summed E-state index contributed by atoms with van der Waals surface area (Å²) in [4.78, 5) is 15.3. The smallest absolute Gasteiger partial charge is 0.261 e. The molecular weight excluding hydrogens is 400 g/mol. The summed E-state index contributed by atoms with van der Waals surface area (Å²) in [5.41, 5.74) is 1.47. The van der Waals surface area contributed by atoms with Crippen LogP contribution < -0.4 is 4.72 Å². The third-order valence-electron chi connectivity index (χ3n) is 4.15. The molecule has 0 spiro atoms. The van der Waals surface area contributed by atoms with E-state index < -0.39 is 16.1 Å². The van der Waals surface area contributed by atoms with Gasteiger partial charge in [-0.3, -0.25) is 14.5 Å². The summed E-state index contributed by atoms with van der Waals surface area (Å²) < 4.78 is 28.0. The molecule has 2 N–H and O–H groups in total. The van der Waals surface area contributed by atoms with Crippen LogP contribution in [0.25, 0.3) is 0 Å². The van der Waals surface area contributed by atoms with Gasteiger partial charge in [0.1, 0.15) is 6.10 Å². The van der Waals surface area contributed by atoms with Crippen LogP contribution >= 0.6 is 11.6 Å². The first-order valence-electron chi connectivity index (χ1n) is 8.29. The van der Waals surface area contributed by atoms with Gasteiger partial charge in [0.05, 0.1) is 10.6 Å². The van der Waals surface area contributed by atoms with Crippen molar-refractivity contribution < 1.29 is 18.3 Å². The first-order chi connectivity index (χ1) is 13.3. The highest BCUT2D eigenvalue weighted by Gasteiger charge is 2.20. The number of carbonyl (C=O) groups is 1. The summed E-state index contributed by atoms with van der Waals surface area (Å²) in [7, 11) is -3.93. The fourth-order valence-corrected chi connectivity index (χ4v) is 3.92. The lowest BCUT2D eigenvalue weighted by Crippen LogP contribution is -2.15. The van der Waals surface area contributed by atoms with Crippen molar-refractivity contribution in [1.82, 2.24) is 4.98 Å². The molecule has 8 heteroatoms. The number of carbonyl (C=O) groups excluding carboxylic acids is 1. The van der Waals surface area contributed by atoms with E-state index in [0.717, 1.165) is 0 Å². The number of hydrogen-bond donors (Lipinski definition) is 2. The van der Waals surface area contributed by atoms with Crippen molar-refractivity contribution in [2.24, 2.45) is 0 Å². The average Bonchev–Trinajstić information content (AvgIpc) is 2.69. The number of aromatic nitrogens is 1. The maximum absolute atomic E-state index is 12.8. The zero-order chi connectivity index (χ0) is 20.3. The van der Waals surface area contributed by atoms with Crippen LogP contribution in [0.4, 0.5) is 5.69 Å². The molecule has 1 unspecified atom stereocenters. The molecular formula is C20H17ClN2O4S. The Bertz CT molecular complexity index is 1100. The van der Waals surface area contributed by atoms with Gasteiger partial charge in [0.25, 0.3) is 10.0 Å². The number of nitrogens with zero attached hydrogens (tertiary/aromatic N) is 1. The quantitative estimate of drug-likeness (QED) is 0.595. The molecule has 0 bridgehead atoms. The monoisotopic (exact) mass is 416 g/mol. The van der Waals surface area contributed by atoms with Crippen molar-refractivity contribution >= 4 is 33.1 Å². The Hall–Kier alpha value is -2.74. The fraction of sp³-hybridized carbons (Fsp3) is 0.100. The standard InChI is InChI=1S/C20H17ClN2O4S/c1-13(24)14-2-5-17(6-3-14)28(26,27)23-19-7-4-16(21)12-18(19)20(25)15-8-10-22-11-9-15/h2-12,20,23,25H,1H3. The highest BCUT2D eigenvalue weighted by Crippen LogP contribution is 2.32. The second-order valence-electron chi connectivity index (χ2n) is 6.10. The molecule has 28 heavy (non-hydrogen) atoms. The normalized spacial score (nSPS) is 12.4. The molecule has 0 fully saturated rings. The number of aliphatic hydroxyl groups is 1. The van der Waals surface area contributed by atoms with Gasteiger partial charge >= 0.3 is 0 Å². The van der Waals surface area contributed by atoms with Gasteiger partial charge in [0.15, 0.2) is 5.78 Å². The lowest BCUT2D eigenvalue weighted by atomic mass is 10.0. The van der Waals surface area contributed by atoms with E-state index in [9.17, 15) is 18.3 Å². The highest BCUT2D eigenvalue weighted by atomic mass is 35.5. The van der Waals surface area contributed by atoms with Crippen molar-refractivity contribution in [3.63, 3.8) is 0 Å². The van der Waals surface area contributed by atoms with E-state index in [0.29, 0.717) is 21.7 Å². The maximum atomic E-state index is 12.8. The van der Waals surface area contributed by atoms with E-state index in [1.54, 1.807) is 12.1 Å². The second kappa shape index (κ2) is 8.10. The highest BCUT2D eigenvalue weighted by molar-refractivity contribution is 7.92. The van der Waals surface area contributed by atoms with Crippen LogP contribution in [0.15, 0.2) is 71.9 Å². The Kier molecular flexibility index (Phi) is 5.79. The molecule has 3 aromatic rings. The first kappa shape index (κ1) is 20.0. The van der Waals surface area contributed by atoms with E-state index in [4.69, 9.17) is 11.6 Å². The number of anilines is 1. The van der Waals surface area contributed by atoms with E-state index in [1.807, 2.05) is 0 Å². The van der Waals surface area contributed by atoms with Crippen LogP contribution in [-0.4, -0.2) is 24.3 Å². The Morgan fingerprint density at radius 2 is 1.71 bits per heavy atom. The summed E-state index contributed by atoms with van der Waals surface area (Å²) in [5.74, 6) is -0.155. The lowest BCUT2D eigenvalue weighted by molar-refractivity contribution is 0.101. The third-order valence-corrected chi connectivity index (χ3v) is 5.76. The van der Waals surface area contributed by atoms with Crippen LogP contribution in [-0.2, 0) is 10.0 Å². The maximum Gasteiger partial charge on any atom is 0.261 e. The molecule has 0 saturated carbocycles. The van der Waals surface area contributed by atoms with Gasteiger partial charge in [0, 0.05) is 28.5 Å². The van der Waals surface area contributed by atoms with E-state index in [1.165, 1.54) is 61.8 Å². The molecule has 0 saturated heterocycles. The molecule has 2 aromatic carbocycles. The Labute approximate surface area is 167 Å². The SMILES string of the molecule is CC(=O)c1ccc(S(=O)(=O)Nc2ccc(Cl)cc2C(O)c2ccncc2)cc1. The van der Waals surface area contributed by atoms with Crippen LogP contribution in [0.1, 0.15) is 34.5 Å². The number of benzene rings is 2. The zero-order valence-corrected chi connectivity index (χ0v) is 16.4. The van der Waals surface area contributed by atoms with Crippen molar-refractivity contribution in [3.05, 3.63) is 88.7 Å². The van der Waals surface area contributed by atoms with Gasteiger partial charge in [-0.05, 0) is 55.0 Å². The van der Waals surface area contributed by atoms with Crippen LogP contribution in [0.2, 0.25) is 5.02 Å². The fourth-order valence-electron chi connectivity index (χ4n) is 2.65. The van der Waals surface area contributed by atoms with Crippen LogP contribution in [0, 0.1) is 0 Å². The number of Topliss-reactive ketones (excluding diaryl/α,β-unsaturated/α-hetero) is 1. The molecule has 6 nitrogen and oxygen atoms in total. The lowest BCUT2D eigenvalue weighted by Gasteiger charge is -2.18. The first-order valence-corrected chi connectivity index (χ1v) is 10.2. The largest absolute Gasteiger partial charge is 0.384 e. The molecule has 1 atom stereocenters. The number of rotatable bonds is 6. The molecule has 0 aliphatic rings. The molecule has 0 radical (unpaired) electrons. The van der Waals surface area contributed by atoms with Crippen molar-refractivity contribution in [1.29, 1.82) is 0 Å². The topological polar surface area (TPSA) is 96.4 Å². The molecule has 0 aliphatic carbocycles. The number of ketones is 1. The third kappa shape index (κ3) is 4.39. The summed E-state index contributed by atoms with van der Waals surface area (Å²) in [6.07, 6.45) is 1.96. The Balaban J connectivity index is 1.96. The van der Waals surface area contributed by atoms with Crippen molar-refractivity contribution in [2.75, 3.05) is 4.72 Å². The van der Waals surface area contributed by atoms with Gasteiger partial charge in [-0.25, -0.2) is 8.42 Å². The number of nitrogens with one attached hydrogen (secondary N) is 1. The number of sulfonamides is 1. The Morgan fingerprint density at radius 3 is 2.32 bits per heavy atom. The number of aliphatic hydroxyl groups excluding tert-OH is 1. The zero-order valence-electron chi connectivity index (χ0n) is 14.8. The minimum absolute atomic E-state index is 0.00296. The van der Waals surface area contributed by atoms with E-state index in [-0.39, 0.29) is 16.4 Å². The van der Waals surface area contributed by atoms with E-state index in [2.05, 4.69) is 9.71 Å². The Morgan fingerprint density at radius 1 is 1.07 bits per heavy atom. The van der Waals surface area contributed by atoms with Gasteiger partial charge in [-0.15, -0.1) is 0 Å². The molecule has 1 heterocycles. The molecule has 0 amide bonds. The van der Waals surface area contributed by atoms with Crippen molar-refractivity contribution in [3.8, 4) is 0 Å². The number of hydrogen-bond acceptors (Lipinski definition) is 5. The minimum atomic E-state index is -3.93. The van der Waals surface area contributed by atoms with Gasteiger partial charge in [-0.1, -0.05) is 23.7 Å². The predicted octanol–water partition coefficient (Wildman–Crippen LogP) is 3.82. The molecule has 3 rings (SSSR count). The molecule has 144 valence electrons. The van der Waals surface area contributed by atoms with Gasteiger partial charge < -0.3 is 5.11 Å². The van der Waals surface area contributed by atoms with Crippen molar-refractivity contribution in [2.45, 2.75) is 17.9 Å². The minimum Gasteiger partial charge on any atom is -0.384 e. The summed E-state index contributed by atoms with van der Waals surface area (Å²) in [5, 5.41) is 11.1. The van der Waals surface area contributed by atoms with Crippen LogP contribution in [0.5, 0.6) is 0 Å². The summed E-state index contributed by atoms with van der Waals surface area (Å²) in [6, 6.07) is 13.4. The number of halogens is 1. The predicted molar refractivity (Wildman–Crippen MR) is 107 cm³/mol. The number of pyridine rings is 1. The van der Waals surface area contributed by atoms with Crippen LogP contribution in [0.3, 0.4) is 0 Å².